The minimum atomic E-state index is 0. The van der Waals surface area contributed by atoms with E-state index in [1.54, 1.807) is 7.11 Å². The summed E-state index contributed by atoms with van der Waals surface area (Å²) in [5.41, 5.74) is 1.14. The van der Waals surface area contributed by atoms with E-state index >= 15 is 0 Å². The number of hydrogen-bond acceptors (Lipinski definition) is 3. The highest BCUT2D eigenvalue weighted by Gasteiger charge is 2.24. The lowest BCUT2D eigenvalue weighted by Gasteiger charge is -2.18. The SMILES string of the molecule is CN=C(NCc1ccccc1OC)NC1CCC(SC)C1.I. The Balaban J connectivity index is 0.00000242. The molecule has 1 fully saturated rings. The van der Waals surface area contributed by atoms with Crippen LogP contribution in [0.15, 0.2) is 29.3 Å². The number of nitrogens with one attached hydrogen (secondary N) is 2. The van der Waals surface area contributed by atoms with Gasteiger partial charge in [0.1, 0.15) is 5.75 Å². The number of rotatable bonds is 5. The smallest absolute Gasteiger partial charge is 0.191 e. The van der Waals surface area contributed by atoms with E-state index in [1.807, 2.05) is 37.0 Å². The van der Waals surface area contributed by atoms with Crippen LogP contribution in [-0.4, -0.2) is 37.7 Å². The molecule has 0 bridgehead atoms. The molecule has 1 saturated carbocycles. The molecule has 0 aliphatic heterocycles. The van der Waals surface area contributed by atoms with Crippen LogP contribution in [0, 0.1) is 0 Å². The highest BCUT2D eigenvalue weighted by molar-refractivity contribution is 14.0. The Morgan fingerprint density at radius 3 is 2.77 bits per heavy atom. The molecule has 1 aliphatic carbocycles. The van der Waals surface area contributed by atoms with Gasteiger partial charge in [0.15, 0.2) is 5.96 Å². The van der Waals surface area contributed by atoms with Crippen molar-refractivity contribution in [3.05, 3.63) is 29.8 Å². The second-order valence-corrected chi connectivity index (χ2v) is 6.39. The number of ether oxygens (including phenoxy) is 1. The van der Waals surface area contributed by atoms with Gasteiger partial charge in [0, 0.05) is 30.4 Å². The van der Waals surface area contributed by atoms with Gasteiger partial charge in [-0.1, -0.05) is 18.2 Å². The molecule has 0 heterocycles. The van der Waals surface area contributed by atoms with Crippen molar-refractivity contribution in [2.45, 2.75) is 37.1 Å². The van der Waals surface area contributed by atoms with Crippen LogP contribution in [0.4, 0.5) is 0 Å². The van der Waals surface area contributed by atoms with E-state index in [1.165, 1.54) is 19.3 Å². The monoisotopic (exact) mass is 435 g/mol. The Labute approximate surface area is 154 Å². The van der Waals surface area contributed by atoms with Crippen LogP contribution in [0.25, 0.3) is 0 Å². The number of guanidine groups is 1. The Kier molecular flexibility index (Phi) is 9.00. The zero-order valence-corrected chi connectivity index (χ0v) is 16.6. The first-order chi connectivity index (χ1) is 10.3. The third-order valence-corrected chi connectivity index (χ3v) is 5.02. The van der Waals surface area contributed by atoms with Crippen molar-refractivity contribution in [2.24, 2.45) is 4.99 Å². The predicted octanol–water partition coefficient (Wildman–Crippen LogP) is 3.26. The van der Waals surface area contributed by atoms with Gasteiger partial charge < -0.3 is 15.4 Å². The maximum atomic E-state index is 5.37. The van der Waals surface area contributed by atoms with Gasteiger partial charge in [-0.15, -0.1) is 24.0 Å². The third-order valence-electron chi connectivity index (χ3n) is 3.92. The average Bonchev–Trinajstić information content (AvgIpc) is 2.99. The lowest BCUT2D eigenvalue weighted by atomic mass is 10.2. The second kappa shape index (κ2) is 10.2. The van der Waals surface area contributed by atoms with Crippen molar-refractivity contribution in [3.8, 4) is 5.75 Å². The zero-order valence-electron chi connectivity index (χ0n) is 13.5. The first-order valence-corrected chi connectivity index (χ1v) is 8.67. The first kappa shape index (κ1) is 19.4. The standard InChI is InChI=1S/C16H25N3OS.HI/c1-17-16(19-13-8-9-14(10-13)21-3)18-11-12-6-4-5-7-15(12)20-2;/h4-7,13-14H,8-11H2,1-3H3,(H2,17,18,19);1H. The number of hydrogen-bond donors (Lipinski definition) is 2. The number of nitrogens with zero attached hydrogens (tertiary/aromatic N) is 1. The van der Waals surface area contributed by atoms with Gasteiger partial charge in [-0.05, 0) is 31.6 Å². The van der Waals surface area contributed by atoms with Gasteiger partial charge in [-0.2, -0.15) is 11.8 Å². The molecule has 124 valence electrons. The van der Waals surface area contributed by atoms with E-state index in [4.69, 9.17) is 4.74 Å². The molecule has 0 spiro atoms. The van der Waals surface area contributed by atoms with E-state index < -0.39 is 0 Å². The summed E-state index contributed by atoms with van der Waals surface area (Å²) in [5.74, 6) is 1.77. The van der Waals surface area contributed by atoms with Crippen molar-refractivity contribution in [1.29, 1.82) is 0 Å². The van der Waals surface area contributed by atoms with Crippen molar-refractivity contribution in [2.75, 3.05) is 20.4 Å². The summed E-state index contributed by atoms with van der Waals surface area (Å²) in [4.78, 5) is 4.32. The van der Waals surface area contributed by atoms with Crippen LogP contribution in [0.3, 0.4) is 0 Å². The molecule has 2 atom stereocenters. The molecular formula is C16H26IN3OS. The van der Waals surface area contributed by atoms with Crippen molar-refractivity contribution >= 4 is 41.7 Å². The van der Waals surface area contributed by atoms with Gasteiger partial charge in [-0.25, -0.2) is 0 Å². The summed E-state index contributed by atoms with van der Waals surface area (Å²) >= 11 is 1.97. The highest BCUT2D eigenvalue weighted by atomic mass is 127. The number of benzene rings is 1. The Morgan fingerprint density at radius 2 is 2.14 bits per heavy atom. The highest BCUT2D eigenvalue weighted by Crippen LogP contribution is 2.28. The predicted molar refractivity (Wildman–Crippen MR) is 107 cm³/mol. The lowest BCUT2D eigenvalue weighted by molar-refractivity contribution is 0.409. The molecule has 1 aliphatic rings. The lowest BCUT2D eigenvalue weighted by Crippen LogP contribution is -2.42. The van der Waals surface area contributed by atoms with Crippen LogP contribution in [0.1, 0.15) is 24.8 Å². The zero-order chi connectivity index (χ0) is 15.1. The van der Waals surface area contributed by atoms with E-state index in [2.05, 4.69) is 27.9 Å². The van der Waals surface area contributed by atoms with Gasteiger partial charge in [0.05, 0.1) is 7.11 Å². The average molecular weight is 435 g/mol. The molecule has 0 amide bonds. The van der Waals surface area contributed by atoms with Gasteiger partial charge in [-0.3, -0.25) is 4.99 Å². The van der Waals surface area contributed by atoms with E-state index in [0.29, 0.717) is 12.6 Å². The van der Waals surface area contributed by atoms with E-state index in [-0.39, 0.29) is 24.0 Å². The molecular weight excluding hydrogens is 409 g/mol. The quantitative estimate of drug-likeness (QED) is 0.424. The summed E-state index contributed by atoms with van der Waals surface area (Å²) in [7, 11) is 3.52. The molecule has 0 radical (unpaired) electrons. The summed E-state index contributed by atoms with van der Waals surface area (Å²) in [6.45, 7) is 0.711. The molecule has 1 aromatic carbocycles. The maximum absolute atomic E-state index is 5.37. The molecule has 0 aromatic heterocycles. The molecule has 1 aromatic rings. The molecule has 2 N–H and O–H groups in total. The number of para-hydroxylation sites is 1. The molecule has 6 heteroatoms. The topological polar surface area (TPSA) is 45.7 Å². The Hall–Kier alpha value is -0.630. The van der Waals surface area contributed by atoms with Crippen LogP contribution >= 0.6 is 35.7 Å². The summed E-state index contributed by atoms with van der Waals surface area (Å²) in [5, 5.41) is 7.68. The second-order valence-electron chi connectivity index (χ2n) is 5.25. The first-order valence-electron chi connectivity index (χ1n) is 7.38. The molecule has 4 nitrogen and oxygen atoms in total. The van der Waals surface area contributed by atoms with Crippen LogP contribution in [-0.2, 0) is 6.54 Å². The summed E-state index contributed by atoms with van der Waals surface area (Å²) < 4.78 is 5.37. The minimum absolute atomic E-state index is 0. The fourth-order valence-electron chi connectivity index (χ4n) is 2.70. The van der Waals surface area contributed by atoms with Gasteiger partial charge in [0.25, 0.3) is 0 Å². The van der Waals surface area contributed by atoms with Crippen LogP contribution < -0.4 is 15.4 Å². The van der Waals surface area contributed by atoms with E-state index in [0.717, 1.165) is 22.5 Å². The Bertz CT molecular complexity index is 484. The maximum Gasteiger partial charge on any atom is 0.191 e. The Morgan fingerprint density at radius 1 is 1.36 bits per heavy atom. The number of thioether (sulfide) groups is 1. The summed E-state index contributed by atoms with van der Waals surface area (Å²) in [6.07, 6.45) is 5.93. The number of halogens is 1. The fourth-order valence-corrected chi connectivity index (χ4v) is 3.50. The molecule has 2 unspecified atom stereocenters. The molecule has 2 rings (SSSR count). The van der Waals surface area contributed by atoms with Crippen LogP contribution in [0.5, 0.6) is 5.75 Å². The van der Waals surface area contributed by atoms with Crippen molar-refractivity contribution < 1.29 is 4.74 Å². The van der Waals surface area contributed by atoms with Crippen molar-refractivity contribution in [3.63, 3.8) is 0 Å². The summed E-state index contributed by atoms with van der Waals surface area (Å²) in [6, 6.07) is 8.59. The number of methoxy groups -OCH3 is 1. The fraction of sp³-hybridized carbons (Fsp3) is 0.562. The van der Waals surface area contributed by atoms with Gasteiger partial charge >= 0.3 is 0 Å². The number of aliphatic imine (C=N–C) groups is 1. The van der Waals surface area contributed by atoms with Crippen LogP contribution in [0.2, 0.25) is 0 Å². The molecule has 22 heavy (non-hydrogen) atoms. The van der Waals surface area contributed by atoms with E-state index in [9.17, 15) is 0 Å². The molecule has 0 saturated heterocycles. The normalized spacial score (nSPS) is 21.1. The largest absolute Gasteiger partial charge is 0.496 e. The minimum Gasteiger partial charge on any atom is -0.496 e. The van der Waals surface area contributed by atoms with Gasteiger partial charge in [0.2, 0.25) is 0 Å². The third kappa shape index (κ3) is 5.53. The van der Waals surface area contributed by atoms with Crippen molar-refractivity contribution in [1.82, 2.24) is 10.6 Å².